The first kappa shape index (κ1) is 17.4. The number of hydrogen-bond donors (Lipinski definition) is 1. The molecule has 2 rings (SSSR count). The topological polar surface area (TPSA) is 71.3 Å². The van der Waals surface area contributed by atoms with Gasteiger partial charge in [-0.1, -0.05) is 6.07 Å². The quantitative estimate of drug-likeness (QED) is 0.751. The summed E-state index contributed by atoms with van der Waals surface area (Å²) in [6, 6.07) is 16.3. The van der Waals surface area contributed by atoms with Crippen molar-refractivity contribution in [1.82, 2.24) is 0 Å². The maximum absolute atomic E-state index is 11.9. The van der Waals surface area contributed by atoms with Crippen LogP contribution in [0.2, 0.25) is 0 Å². The highest BCUT2D eigenvalue weighted by Crippen LogP contribution is 2.17. The highest BCUT2D eigenvalue weighted by atomic mass is 16.5. The zero-order chi connectivity index (χ0) is 17.2. The van der Waals surface area contributed by atoms with Gasteiger partial charge in [-0.2, -0.15) is 5.26 Å². The number of amides is 1. The fourth-order valence-corrected chi connectivity index (χ4v) is 2.11. The zero-order valence-electron chi connectivity index (χ0n) is 13.6. The third kappa shape index (κ3) is 5.65. The minimum Gasteiger partial charge on any atom is -0.494 e. The first-order valence-electron chi connectivity index (χ1n) is 7.87. The van der Waals surface area contributed by atoms with Crippen LogP contribution in [0.5, 0.6) is 11.5 Å². The van der Waals surface area contributed by atoms with Gasteiger partial charge in [0.05, 0.1) is 24.8 Å². The normalized spacial score (nSPS) is 9.83. The molecule has 5 heteroatoms. The molecule has 0 spiro atoms. The van der Waals surface area contributed by atoms with Crippen LogP contribution in [0.1, 0.15) is 25.3 Å². The van der Waals surface area contributed by atoms with E-state index in [1.807, 2.05) is 37.3 Å². The second-order valence-electron chi connectivity index (χ2n) is 5.10. The first-order valence-corrected chi connectivity index (χ1v) is 7.87. The van der Waals surface area contributed by atoms with E-state index < -0.39 is 0 Å². The van der Waals surface area contributed by atoms with Crippen LogP contribution in [0.25, 0.3) is 0 Å². The van der Waals surface area contributed by atoms with Crippen LogP contribution < -0.4 is 14.8 Å². The lowest BCUT2D eigenvalue weighted by Gasteiger charge is -2.08. The van der Waals surface area contributed by atoms with E-state index in [9.17, 15) is 4.79 Å². The maximum Gasteiger partial charge on any atom is 0.224 e. The minimum absolute atomic E-state index is 0.0969. The highest BCUT2D eigenvalue weighted by Gasteiger charge is 2.03. The lowest BCUT2D eigenvalue weighted by Crippen LogP contribution is -2.12. The van der Waals surface area contributed by atoms with E-state index >= 15 is 0 Å². The largest absolute Gasteiger partial charge is 0.494 e. The number of nitrogens with one attached hydrogen (secondary N) is 1. The summed E-state index contributed by atoms with van der Waals surface area (Å²) in [6.45, 7) is 3.03. The Morgan fingerprint density at radius 3 is 2.50 bits per heavy atom. The van der Waals surface area contributed by atoms with Gasteiger partial charge in [-0.25, -0.2) is 0 Å². The summed E-state index contributed by atoms with van der Waals surface area (Å²) in [7, 11) is 0. The number of benzene rings is 2. The lowest BCUT2D eigenvalue weighted by atomic mass is 10.2. The molecule has 1 amide bonds. The first-order chi connectivity index (χ1) is 11.7. The van der Waals surface area contributed by atoms with Crippen LogP contribution in [0.3, 0.4) is 0 Å². The third-order valence-electron chi connectivity index (χ3n) is 3.23. The van der Waals surface area contributed by atoms with Gasteiger partial charge < -0.3 is 14.8 Å². The molecule has 5 nitrogen and oxygen atoms in total. The van der Waals surface area contributed by atoms with Crippen molar-refractivity contribution in [3.8, 4) is 17.6 Å². The lowest BCUT2D eigenvalue weighted by molar-refractivity contribution is -0.116. The molecule has 0 fully saturated rings. The maximum atomic E-state index is 11.9. The number of ether oxygens (including phenoxy) is 2. The number of anilines is 1. The van der Waals surface area contributed by atoms with Crippen LogP contribution in [0.15, 0.2) is 48.5 Å². The van der Waals surface area contributed by atoms with Crippen LogP contribution in [0.4, 0.5) is 5.69 Å². The van der Waals surface area contributed by atoms with E-state index in [0.717, 1.165) is 11.5 Å². The molecule has 0 heterocycles. The molecule has 0 radical (unpaired) electrons. The molecule has 0 atom stereocenters. The number of carbonyl (C=O) groups is 1. The Balaban J connectivity index is 1.69. The predicted octanol–water partition coefficient (Wildman–Crippen LogP) is 3.75. The van der Waals surface area contributed by atoms with Crippen molar-refractivity contribution in [3.63, 3.8) is 0 Å². The second kappa shape index (κ2) is 9.21. The number of hydrogen-bond acceptors (Lipinski definition) is 4. The van der Waals surface area contributed by atoms with E-state index in [2.05, 4.69) is 5.32 Å². The zero-order valence-corrected chi connectivity index (χ0v) is 13.6. The van der Waals surface area contributed by atoms with Crippen molar-refractivity contribution < 1.29 is 14.3 Å². The van der Waals surface area contributed by atoms with Gasteiger partial charge in [0.25, 0.3) is 0 Å². The fourth-order valence-electron chi connectivity index (χ4n) is 2.11. The van der Waals surface area contributed by atoms with Gasteiger partial charge in [0, 0.05) is 12.1 Å². The number of rotatable bonds is 8. The second-order valence-corrected chi connectivity index (χ2v) is 5.10. The molecule has 0 bridgehead atoms. The van der Waals surface area contributed by atoms with Crippen molar-refractivity contribution in [2.45, 2.75) is 19.8 Å². The Morgan fingerprint density at radius 2 is 1.83 bits per heavy atom. The van der Waals surface area contributed by atoms with Gasteiger partial charge in [0.2, 0.25) is 5.91 Å². The van der Waals surface area contributed by atoms with Crippen LogP contribution in [-0.2, 0) is 4.79 Å². The van der Waals surface area contributed by atoms with Crippen molar-refractivity contribution in [2.24, 2.45) is 0 Å². The molecule has 2 aromatic carbocycles. The summed E-state index contributed by atoms with van der Waals surface area (Å²) in [6.07, 6.45) is 0.963. The molecule has 0 aromatic heterocycles. The average Bonchev–Trinajstić information content (AvgIpc) is 2.60. The predicted molar refractivity (Wildman–Crippen MR) is 92.1 cm³/mol. The van der Waals surface area contributed by atoms with Crippen LogP contribution >= 0.6 is 0 Å². The summed E-state index contributed by atoms with van der Waals surface area (Å²) in [5, 5.41) is 11.6. The van der Waals surface area contributed by atoms with E-state index in [1.165, 1.54) is 0 Å². The van der Waals surface area contributed by atoms with Crippen molar-refractivity contribution >= 4 is 11.6 Å². The summed E-state index contributed by atoms with van der Waals surface area (Å²) < 4.78 is 11.0. The van der Waals surface area contributed by atoms with E-state index in [0.29, 0.717) is 37.3 Å². The van der Waals surface area contributed by atoms with Gasteiger partial charge in [-0.3, -0.25) is 4.79 Å². The summed E-state index contributed by atoms with van der Waals surface area (Å²) in [5.41, 5.74) is 1.15. The smallest absolute Gasteiger partial charge is 0.224 e. The standard InChI is InChI=1S/C19H20N2O3/c1-2-23-17-8-10-18(11-9-17)24-12-4-7-19(22)21-16-6-3-5-15(13-16)14-20/h3,5-6,8-11,13H,2,4,7,12H2,1H3,(H,21,22). The van der Waals surface area contributed by atoms with Gasteiger partial charge >= 0.3 is 0 Å². The Bertz CT molecular complexity index is 705. The minimum atomic E-state index is -0.0969. The Kier molecular flexibility index (Phi) is 6.66. The molecule has 124 valence electrons. The highest BCUT2D eigenvalue weighted by molar-refractivity contribution is 5.90. The third-order valence-corrected chi connectivity index (χ3v) is 3.23. The van der Waals surface area contributed by atoms with Gasteiger partial charge in [0.1, 0.15) is 11.5 Å². The Hall–Kier alpha value is -3.00. The SMILES string of the molecule is CCOc1ccc(OCCCC(=O)Nc2cccc(C#N)c2)cc1. The van der Waals surface area contributed by atoms with Gasteiger partial charge in [-0.15, -0.1) is 0 Å². The Morgan fingerprint density at radius 1 is 1.12 bits per heavy atom. The number of nitriles is 1. The van der Waals surface area contributed by atoms with Crippen molar-refractivity contribution in [1.29, 1.82) is 5.26 Å². The van der Waals surface area contributed by atoms with Crippen LogP contribution in [0, 0.1) is 11.3 Å². The molecule has 24 heavy (non-hydrogen) atoms. The molecule has 0 saturated heterocycles. The average molecular weight is 324 g/mol. The molecule has 1 N–H and O–H groups in total. The van der Waals surface area contributed by atoms with Gasteiger partial charge in [-0.05, 0) is 55.8 Å². The molecule has 2 aromatic rings. The summed E-state index contributed by atoms with van der Waals surface area (Å²) in [5.74, 6) is 1.46. The number of nitrogens with zero attached hydrogens (tertiary/aromatic N) is 1. The van der Waals surface area contributed by atoms with Gasteiger partial charge in [0.15, 0.2) is 0 Å². The summed E-state index contributed by atoms with van der Waals surface area (Å²) in [4.78, 5) is 11.9. The molecule has 0 saturated carbocycles. The van der Waals surface area contributed by atoms with E-state index in [-0.39, 0.29) is 5.91 Å². The molecule has 0 aliphatic carbocycles. The van der Waals surface area contributed by atoms with Crippen LogP contribution in [-0.4, -0.2) is 19.1 Å². The summed E-state index contributed by atoms with van der Waals surface area (Å²) >= 11 is 0. The van der Waals surface area contributed by atoms with Crippen molar-refractivity contribution in [2.75, 3.05) is 18.5 Å². The molecule has 0 aliphatic rings. The van der Waals surface area contributed by atoms with E-state index in [4.69, 9.17) is 14.7 Å². The monoisotopic (exact) mass is 324 g/mol. The van der Waals surface area contributed by atoms with Crippen molar-refractivity contribution in [3.05, 3.63) is 54.1 Å². The number of carbonyl (C=O) groups excluding carboxylic acids is 1. The Labute approximate surface area is 141 Å². The molecular weight excluding hydrogens is 304 g/mol. The molecular formula is C19H20N2O3. The fraction of sp³-hybridized carbons (Fsp3) is 0.263. The van der Waals surface area contributed by atoms with E-state index in [1.54, 1.807) is 24.3 Å². The molecule has 0 aliphatic heterocycles. The molecule has 0 unspecified atom stereocenters.